The average molecular weight is 429 g/mol. The Labute approximate surface area is 186 Å². The Morgan fingerprint density at radius 2 is 1.97 bits per heavy atom. The standard InChI is InChI=1S/C26H25FN4O/c1-16-5-4-6-21(27)25(16)18-7-8-19-14-28-26(29-22(19)11-18)30-23-12-20-15-31(2)10-9-17(20)13-24(23)32-3/h4-8,11-14H,9-10,15H2,1-3H3,(H,28,29,30). The molecule has 0 saturated heterocycles. The third kappa shape index (κ3) is 3.78. The normalized spacial score (nSPS) is 13.8. The highest BCUT2D eigenvalue weighted by atomic mass is 19.1. The Hall–Kier alpha value is -3.51. The molecule has 162 valence electrons. The monoisotopic (exact) mass is 428 g/mol. The number of fused-ring (bicyclic) bond motifs is 2. The fraction of sp³-hybridized carbons (Fsp3) is 0.231. The molecule has 0 atom stereocenters. The van der Waals surface area contributed by atoms with E-state index in [0.717, 1.165) is 53.0 Å². The summed E-state index contributed by atoms with van der Waals surface area (Å²) in [5.41, 5.74) is 6.46. The molecule has 6 heteroatoms. The van der Waals surface area contributed by atoms with Crippen molar-refractivity contribution in [3.8, 4) is 16.9 Å². The molecule has 0 radical (unpaired) electrons. The molecule has 2 heterocycles. The molecule has 32 heavy (non-hydrogen) atoms. The Morgan fingerprint density at radius 1 is 1.09 bits per heavy atom. The van der Waals surface area contributed by atoms with Crippen LogP contribution in [-0.4, -0.2) is 35.6 Å². The Bertz CT molecular complexity index is 1300. The number of anilines is 2. The second-order valence-electron chi connectivity index (χ2n) is 8.33. The smallest absolute Gasteiger partial charge is 0.227 e. The van der Waals surface area contributed by atoms with Crippen LogP contribution in [0.3, 0.4) is 0 Å². The zero-order valence-corrected chi connectivity index (χ0v) is 18.4. The average Bonchev–Trinajstić information content (AvgIpc) is 2.78. The second kappa shape index (κ2) is 8.20. The van der Waals surface area contributed by atoms with E-state index in [1.165, 1.54) is 17.2 Å². The summed E-state index contributed by atoms with van der Waals surface area (Å²) in [6.07, 6.45) is 2.79. The maximum atomic E-state index is 14.5. The van der Waals surface area contributed by atoms with E-state index in [2.05, 4.69) is 34.4 Å². The SMILES string of the molecule is COc1cc2c(cc1Nc1ncc3ccc(-c4c(C)cccc4F)cc3n1)CN(C)CC2. The van der Waals surface area contributed by atoms with E-state index in [1.807, 2.05) is 31.2 Å². The quantitative estimate of drug-likeness (QED) is 0.466. The number of hydrogen-bond acceptors (Lipinski definition) is 5. The molecule has 1 aliphatic rings. The van der Waals surface area contributed by atoms with Gasteiger partial charge in [0.1, 0.15) is 11.6 Å². The van der Waals surface area contributed by atoms with Gasteiger partial charge in [0.15, 0.2) is 0 Å². The summed E-state index contributed by atoms with van der Waals surface area (Å²) in [5.74, 6) is 1.01. The molecule has 0 fully saturated rings. The number of halogens is 1. The number of hydrogen-bond donors (Lipinski definition) is 1. The van der Waals surface area contributed by atoms with E-state index in [0.29, 0.717) is 11.5 Å². The molecule has 1 aliphatic heterocycles. The summed E-state index contributed by atoms with van der Waals surface area (Å²) in [4.78, 5) is 11.5. The minimum atomic E-state index is -0.236. The third-order valence-corrected chi connectivity index (χ3v) is 6.06. The van der Waals surface area contributed by atoms with Crippen molar-refractivity contribution in [2.75, 3.05) is 26.0 Å². The van der Waals surface area contributed by atoms with Crippen LogP contribution in [0.5, 0.6) is 5.75 Å². The van der Waals surface area contributed by atoms with Crippen LogP contribution in [0.15, 0.2) is 54.7 Å². The van der Waals surface area contributed by atoms with Gasteiger partial charge in [-0.2, -0.15) is 0 Å². The van der Waals surface area contributed by atoms with Gasteiger partial charge < -0.3 is 15.0 Å². The third-order valence-electron chi connectivity index (χ3n) is 6.06. The van der Waals surface area contributed by atoms with Crippen molar-refractivity contribution in [2.45, 2.75) is 19.9 Å². The molecule has 0 unspecified atom stereocenters. The lowest BCUT2D eigenvalue weighted by Gasteiger charge is -2.26. The molecule has 5 rings (SSSR count). The van der Waals surface area contributed by atoms with Gasteiger partial charge in [-0.15, -0.1) is 0 Å². The summed E-state index contributed by atoms with van der Waals surface area (Å²) in [6, 6.07) is 15.1. The van der Waals surface area contributed by atoms with Gasteiger partial charge in [-0.25, -0.2) is 14.4 Å². The first kappa shape index (κ1) is 20.4. The molecule has 0 bridgehead atoms. The fourth-order valence-electron chi connectivity index (χ4n) is 4.35. The van der Waals surface area contributed by atoms with E-state index in [9.17, 15) is 4.39 Å². The van der Waals surface area contributed by atoms with Crippen molar-refractivity contribution in [3.63, 3.8) is 0 Å². The van der Waals surface area contributed by atoms with Crippen LogP contribution in [0.1, 0.15) is 16.7 Å². The largest absolute Gasteiger partial charge is 0.495 e. The summed E-state index contributed by atoms with van der Waals surface area (Å²) in [5, 5.41) is 4.22. The van der Waals surface area contributed by atoms with Gasteiger partial charge in [-0.05, 0) is 66.9 Å². The maximum Gasteiger partial charge on any atom is 0.227 e. The Kier molecular flexibility index (Phi) is 5.23. The summed E-state index contributed by atoms with van der Waals surface area (Å²) in [6.45, 7) is 3.85. The molecule has 1 N–H and O–H groups in total. The maximum absolute atomic E-state index is 14.5. The number of nitrogens with zero attached hydrogens (tertiary/aromatic N) is 3. The highest BCUT2D eigenvalue weighted by Crippen LogP contribution is 2.33. The zero-order valence-electron chi connectivity index (χ0n) is 18.4. The summed E-state index contributed by atoms with van der Waals surface area (Å²) in [7, 11) is 3.80. The Morgan fingerprint density at radius 3 is 2.78 bits per heavy atom. The molecule has 5 nitrogen and oxygen atoms in total. The highest BCUT2D eigenvalue weighted by Gasteiger charge is 2.17. The molecule has 0 aliphatic carbocycles. The first-order valence-corrected chi connectivity index (χ1v) is 10.7. The topological polar surface area (TPSA) is 50.3 Å². The lowest BCUT2D eigenvalue weighted by molar-refractivity contribution is 0.312. The van der Waals surface area contributed by atoms with E-state index < -0.39 is 0 Å². The van der Waals surface area contributed by atoms with Gasteiger partial charge in [0.2, 0.25) is 5.95 Å². The van der Waals surface area contributed by atoms with Crippen molar-refractivity contribution in [3.05, 3.63) is 77.2 Å². The fourth-order valence-corrected chi connectivity index (χ4v) is 4.35. The van der Waals surface area contributed by atoms with E-state index in [1.54, 1.807) is 19.4 Å². The molecule has 3 aromatic carbocycles. The van der Waals surface area contributed by atoms with Crippen LogP contribution in [0.25, 0.3) is 22.0 Å². The Balaban J connectivity index is 1.52. The van der Waals surface area contributed by atoms with Crippen LogP contribution < -0.4 is 10.1 Å². The first-order valence-electron chi connectivity index (χ1n) is 10.7. The van der Waals surface area contributed by atoms with Crippen LogP contribution in [0.4, 0.5) is 16.0 Å². The lowest BCUT2D eigenvalue weighted by Crippen LogP contribution is -2.26. The molecule has 0 saturated carbocycles. The van der Waals surface area contributed by atoms with Crippen molar-refractivity contribution in [1.82, 2.24) is 14.9 Å². The van der Waals surface area contributed by atoms with Gasteiger partial charge in [-0.3, -0.25) is 0 Å². The predicted octanol–water partition coefficient (Wildman–Crippen LogP) is 5.48. The first-order chi connectivity index (χ1) is 15.5. The zero-order chi connectivity index (χ0) is 22.2. The van der Waals surface area contributed by atoms with E-state index >= 15 is 0 Å². The number of likely N-dealkylation sites (N-methyl/N-ethyl adjacent to an activating group) is 1. The number of methoxy groups -OCH3 is 1. The summed E-state index contributed by atoms with van der Waals surface area (Å²) >= 11 is 0. The van der Waals surface area contributed by atoms with Gasteiger partial charge in [0.05, 0.1) is 18.3 Å². The van der Waals surface area contributed by atoms with Crippen LogP contribution in [0.2, 0.25) is 0 Å². The van der Waals surface area contributed by atoms with Crippen molar-refractivity contribution < 1.29 is 9.13 Å². The van der Waals surface area contributed by atoms with Gasteiger partial charge in [-0.1, -0.05) is 24.3 Å². The molecule has 0 amide bonds. The molecule has 1 aromatic heterocycles. The number of aryl methyl sites for hydroxylation is 1. The van der Waals surface area contributed by atoms with E-state index in [-0.39, 0.29) is 5.82 Å². The number of ether oxygens (including phenoxy) is 1. The van der Waals surface area contributed by atoms with Crippen LogP contribution in [-0.2, 0) is 13.0 Å². The number of nitrogens with one attached hydrogen (secondary N) is 1. The van der Waals surface area contributed by atoms with Crippen LogP contribution >= 0.6 is 0 Å². The van der Waals surface area contributed by atoms with Crippen molar-refractivity contribution in [1.29, 1.82) is 0 Å². The van der Waals surface area contributed by atoms with Gasteiger partial charge in [0, 0.05) is 30.2 Å². The minimum Gasteiger partial charge on any atom is -0.495 e. The molecular weight excluding hydrogens is 403 g/mol. The number of rotatable bonds is 4. The second-order valence-corrected chi connectivity index (χ2v) is 8.33. The lowest BCUT2D eigenvalue weighted by atomic mass is 9.98. The van der Waals surface area contributed by atoms with Gasteiger partial charge >= 0.3 is 0 Å². The molecular formula is C26H25FN4O. The minimum absolute atomic E-state index is 0.236. The van der Waals surface area contributed by atoms with Gasteiger partial charge in [0.25, 0.3) is 0 Å². The number of benzene rings is 3. The van der Waals surface area contributed by atoms with Crippen molar-refractivity contribution in [2.24, 2.45) is 0 Å². The van der Waals surface area contributed by atoms with Crippen LogP contribution in [0, 0.1) is 12.7 Å². The highest BCUT2D eigenvalue weighted by molar-refractivity contribution is 5.85. The predicted molar refractivity (Wildman–Crippen MR) is 126 cm³/mol. The molecule has 4 aromatic rings. The number of aromatic nitrogens is 2. The summed E-state index contributed by atoms with van der Waals surface area (Å²) < 4.78 is 20.1. The molecule has 0 spiro atoms. The van der Waals surface area contributed by atoms with Crippen molar-refractivity contribution >= 4 is 22.5 Å². The van der Waals surface area contributed by atoms with E-state index in [4.69, 9.17) is 9.72 Å².